The molecule has 0 aliphatic rings. The van der Waals surface area contributed by atoms with Gasteiger partial charge in [0.2, 0.25) is 0 Å². The summed E-state index contributed by atoms with van der Waals surface area (Å²) < 4.78 is 0. The molecule has 0 fully saturated rings. The summed E-state index contributed by atoms with van der Waals surface area (Å²) in [5.41, 5.74) is 0. The van der Waals surface area contributed by atoms with Crippen molar-refractivity contribution in [3.8, 4) is 0 Å². The van der Waals surface area contributed by atoms with Crippen molar-refractivity contribution in [3.05, 3.63) is 0 Å². The Labute approximate surface area is 70.6 Å². The maximum atomic E-state index is 0. The van der Waals surface area contributed by atoms with Gasteiger partial charge in [-0.3, -0.25) is 0 Å². The van der Waals surface area contributed by atoms with E-state index in [0.717, 1.165) is 0 Å². The van der Waals surface area contributed by atoms with Crippen molar-refractivity contribution >= 4 is 29.6 Å². The minimum atomic E-state index is 0. The molecule has 0 spiro atoms. The van der Waals surface area contributed by atoms with Gasteiger partial charge in [-0.1, -0.05) is 0 Å². The van der Waals surface area contributed by atoms with Crippen LogP contribution in [0.5, 0.6) is 0 Å². The molecule has 0 aliphatic carbocycles. The van der Waals surface area contributed by atoms with Crippen molar-refractivity contribution in [1.82, 2.24) is 0 Å². The summed E-state index contributed by atoms with van der Waals surface area (Å²) in [4.78, 5) is 0. The van der Waals surface area contributed by atoms with Crippen LogP contribution in [0.1, 0.15) is 0 Å². The van der Waals surface area contributed by atoms with E-state index in [1.807, 2.05) is 0 Å². The molecular weight excluding hydrogens is 152 g/mol. The fourth-order valence-electron chi connectivity index (χ4n) is 0. The molecule has 0 aromatic heterocycles. The second-order valence-electron chi connectivity index (χ2n) is 0. The van der Waals surface area contributed by atoms with Crippen LogP contribution in [0.25, 0.3) is 0 Å². The number of hydrogen-bond donors (Lipinski definition) is 0. The molecule has 0 aromatic rings. The smallest absolute Gasteiger partial charge is 0 e. The van der Waals surface area contributed by atoms with E-state index in [1.165, 1.54) is 0 Å². The average Bonchev–Trinajstić information content (AvgIpc) is 0. The molecule has 0 heterocycles. The first kappa shape index (κ1) is 146. The van der Waals surface area contributed by atoms with Crippen molar-refractivity contribution in [2.75, 3.05) is 0 Å². The molecule has 0 rings (SSSR count). The monoisotopic (exact) mass is 159 g/mol. The molecule has 6 heavy (non-hydrogen) atoms. The van der Waals surface area contributed by atoms with Gasteiger partial charge in [0.25, 0.3) is 0 Å². The summed E-state index contributed by atoms with van der Waals surface area (Å²) in [6.07, 6.45) is 0. The normalized spacial score (nSPS) is 0. The van der Waals surface area contributed by atoms with Crippen LogP contribution >= 0.6 is 0 Å². The molecule has 35 valence electrons. The molecule has 0 saturated carbocycles. The summed E-state index contributed by atoms with van der Waals surface area (Å²) in [5.74, 6) is 0. The Morgan fingerprint density at radius 3 is 0.500 bits per heavy atom. The summed E-state index contributed by atoms with van der Waals surface area (Å²) >= 11 is 0. The summed E-state index contributed by atoms with van der Waals surface area (Å²) in [7, 11) is 0. The van der Waals surface area contributed by atoms with E-state index in [2.05, 4.69) is 0 Å². The molecule has 0 atom stereocenters. The van der Waals surface area contributed by atoms with Crippen LogP contribution in [0, 0.1) is 0 Å². The van der Waals surface area contributed by atoms with Crippen molar-refractivity contribution in [2.45, 2.75) is 0 Å². The van der Waals surface area contributed by atoms with Crippen LogP contribution in [-0.4, -0.2) is 51.5 Å². The maximum Gasteiger partial charge on any atom is 0 e. The largest absolute Gasteiger partial charge is 0.412 e. The van der Waals surface area contributed by atoms with Crippen LogP contribution in [0.4, 0.5) is 0 Å². The van der Waals surface area contributed by atoms with Gasteiger partial charge in [0.1, 0.15) is 0 Å². The van der Waals surface area contributed by atoms with Gasteiger partial charge in [-0.2, -0.15) is 0 Å². The molecule has 0 bridgehead atoms. The molecular formula is H8NaO4Zn. The number of hydrogen-bond acceptors (Lipinski definition) is 0. The minimum absolute atomic E-state index is 0. The molecule has 4 nitrogen and oxygen atoms in total. The van der Waals surface area contributed by atoms with Gasteiger partial charge in [0, 0.05) is 49.0 Å². The predicted octanol–water partition coefficient (Wildman–Crippen LogP) is -3.68. The Morgan fingerprint density at radius 2 is 0.500 bits per heavy atom. The van der Waals surface area contributed by atoms with Crippen molar-refractivity contribution in [2.24, 2.45) is 0 Å². The van der Waals surface area contributed by atoms with E-state index in [1.54, 1.807) is 0 Å². The molecule has 0 amide bonds. The van der Waals surface area contributed by atoms with Crippen molar-refractivity contribution < 1.29 is 41.4 Å². The second-order valence-corrected chi connectivity index (χ2v) is 0. The zero-order chi connectivity index (χ0) is 0. The van der Waals surface area contributed by atoms with E-state index in [4.69, 9.17) is 0 Å². The first-order valence-corrected chi connectivity index (χ1v) is 0. The van der Waals surface area contributed by atoms with E-state index < -0.39 is 0 Å². The van der Waals surface area contributed by atoms with Crippen LogP contribution in [0.15, 0.2) is 0 Å². The Kier molecular flexibility index (Phi) is 2190. The van der Waals surface area contributed by atoms with E-state index >= 15 is 0 Å². The van der Waals surface area contributed by atoms with Crippen LogP contribution in [-0.2, 0) is 19.5 Å². The molecule has 0 aliphatic heterocycles. The Bertz CT molecular complexity index is 7.51. The molecule has 0 unspecified atom stereocenters. The molecule has 0 saturated heterocycles. The Morgan fingerprint density at radius 1 is 0.500 bits per heavy atom. The third-order valence-corrected chi connectivity index (χ3v) is 0. The Hall–Kier alpha value is 1.46. The third-order valence-electron chi connectivity index (χ3n) is 0. The zero-order valence-corrected chi connectivity index (χ0v) is 8.67. The van der Waals surface area contributed by atoms with Gasteiger partial charge in [0.15, 0.2) is 0 Å². The van der Waals surface area contributed by atoms with Gasteiger partial charge >= 0.3 is 0 Å². The van der Waals surface area contributed by atoms with Gasteiger partial charge in [0.05, 0.1) is 0 Å². The SMILES string of the molecule is O.O.O.O.[Na].[Zn]. The van der Waals surface area contributed by atoms with Gasteiger partial charge in [-0.25, -0.2) is 0 Å². The fourth-order valence-corrected chi connectivity index (χ4v) is 0. The molecule has 1 radical (unpaired) electrons. The fraction of sp³-hybridized carbons (Fsp3) is 0. The topological polar surface area (TPSA) is 126 Å². The minimum Gasteiger partial charge on any atom is -0.412 e. The third kappa shape index (κ3) is 50.8. The summed E-state index contributed by atoms with van der Waals surface area (Å²) in [6, 6.07) is 0. The van der Waals surface area contributed by atoms with Crippen LogP contribution in [0.2, 0.25) is 0 Å². The Balaban J connectivity index is 0. The van der Waals surface area contributed by atoms with Crippen LogP contribution in [0.3, 0.4) is 0 Å². The van der Waals surface area contributed by atoms with E-state index in [0.29, 0.717) is 0 Å². The molecule has 0 aromatic carbocycles. The quantitative estimate of drug-likeness (QED) is 0.324. The summed E-state index contributed by atoms with van der Waals surface area (Å²) in [5, 5.41) is 0. The predicted molar refractivity (Wildman–Crippen MR) is 20.2 cm³/mol. The summed E-state index contributed by atoms with van der Waals surface area (Å²) in [6.45, 7) is 0. The maximum absolute atomic E-state index is 0. The van der Waals surface area contributed by atoms with E-state index in [-0.39, 0.29) is 70.9 Å². The second kappa shape index (κ2) is 90.1. The molecule has 6 heteroatoms. The van der Waals surface area contributed by atoms with Gasteiger partial charge in [-0.15, -0.1) is 0 Å². The zero-order valence-electron chi connectivity index (χ0n) is 3.71. The average molecular weight is 160 g/mol. The van der Waals surface area contributed by atoms with Crippen LogP contribution < -0.4 is 0 Å². The number of rotatable bonds is 0. The van der Waals surface area contributed by atoms with Crippen molar-refractivity contribution in [1.29, 1.82) is 0 Å². The standard InChI is InChI=1S/Na.4H2O.Zn/h;4*1H2;. The first-order valence-electron chi connectivity index (χ1n) is 0. The van der Waals surface area contributed by atoms with Gasteiger partial charge < -0.3 is 21.9 Å². The van der Waals surface area contributed by atoms with Gasteiger partial charge in [-0.05, 0) is 0 Å². The van der Waals surface area contributed by atoms with E-state index in [9.17, 15) is 0 Å². The molecule has 8 N–H and O–H groups in total. The first-order chi connectivity index (χ1) is 0. The van der Waals surface area contributed by atoms with Crippen molar-refractivity contribution in [3.63, 3.8) is 0 Å².